The Hall–Kier alpha value is -2.04. The molecular formula is C14H15F2NO2. The fourth-order valence-electron chi connectivity index (χ4n) is 1.68. The number of hydrogen-bond acceptors (Lipinski definition) is 3. The molecule has 0 aliphatic carbocycles. The molecule has 2 aromatic rings. The Kier molecular flexibility index (Phi) is 4.39. The number of nitrogens with one attached hydrogen (secondary N) is 1. The molecule has 0 atom stereocenters. The normalized spacial score (nSPS) is 10.7. The summed E-state index contributed by atoms with van der Waals surface area (Å²) in [7, 11) is 0. The molecule has 0 amide bonds. The molecule has 5 heteroatoms. The molecule has 1 aromatic heterocycles. The van der Waals surface area contributed by atoms with Gasteiger partial charge in [0.1, 0.15) is 17.3 Å². The molecule has 0 saturated heterocycles. The monoisotopic (exact) mass is 267 g/mol. The first-order valence-electron chi connectivity index (χ1n) is 6.03. The Morgan fingerprint density at radius 1 is 1.21 bits per heavy atom. The van der Waals surface area contributed by atoms with Crippen LogP contribution in [-0.2, 0) is 13.0 Å². The van der Waals surface area contributed by atoms with Crippen molar-refractivity contribution in [3.8, 4) is 5.75 Å². The van der Waals surface area contributed by atoms with Gasteiger partial charge in [-0.05, 0) is 24.3 Å². The molecule has 0 saturated carbocycles. The van der Waals surface area contributed by atoms with Crippen molar-refractivity contribution in [2.75, 3.05) is 5.32 Å². The maximum Gasteiger partial charge on any atom is 0.387 e. The van der Waals surface area contributed by atoms with Gasteiger partial charge < -0.3 is 14.5 Å². The van der Waals surface area contributed by atoms with Crippen LogP contribution in [-0.4, -0.2) is 6.61 Å². The second-order valence-electron chi connectivity index (χ2n) is 3.98. The summed E-state index contributed by atoms with van der Waals surface area (Å²) >= 11 is 0. The predicted octanol–water partition coefficient (Wildman–Crippen LogP) is 4.06. The number of halogens is 2. The van der Waals surface area contributed by atoms with E-state index in [9.17, 15) is 8.78 Å². The molecule has 0 spiro atoms. The van der Waals surface area contributed by atoms with Crippen molar-refractivity contribution in [3.05, 3.63) is 47.9 Å². The number of ether oxygens (including phenoxy) is 1. The minimum absolute atomic E-state index is 0.133. The standard InChI is InChI=1S/C14H15F2NO2/c1-2-11-6-7-13(18-11)9-17-10-4-3-5-12(8-10)19-14(15)16/h3-8,14,17H,2,9H2,1H3. The van der Waals surface area contributed by atoms with E-state index in [0.29, 0.717) is 12.2 Å². The van der Waals surface area contributed by atoms with E-state index in [1.54, 1.807) is 12.1 Å². The zero-order chi connectivity index (χ0) is 13.7. The number of benzene rings is 1. The third kappa shape index (κ3) is 3.98. The van der Waals surface area contributed by atoms with E-state index < -0.39 is 6.61 Å². The molecule has 1 heterocycles. The first-order chi connectivity index (χ1) is 9.17. The van der Waals surface area contributed by atoms with E-state index in [2.05, 4.69) is 10.1 Å². The number of alkyl halides is 2. The first kappa shape index (κ1) is 13.4. The molecule has 0 unspecified atom stereocenters. The summed E-state index contributed by atoms with van der Waals surface area (Å²) in [6.07, 6.45) is 0.845. The Labute approximate surface area is 110 Å². The van der Waals surface area contributed by atoms with Crippen molar-refractivity contribution in [1.29, 1.82) is 0 Å². The van der Waals surface area contributed by atoms with Crippen LogP contribution in [0.3, 0.4) is 0 Å². The summed E-state index contributed by atoms with van der Waals surface area (Å²) in [4.78, 5) is 0. The maximum absolute atomic E-state index is 12.1. The van der Waals surface area contributed by atoms with Gasteiger partial charge in [0.25, 0.3) is 0 Å². The summed E-state index contributed by atoms with van der Waals surface area (Å²) in [6.45, 7) is -0.299. The van der Waals surface area contributed by atoms with E-state index in [4.69, 9.17) is 4.42 Å². The van der Waals surface area contributed by atoms with Crippen LogP contribution in [0.1, 0.15) is 18.4 Å². The average molecular weight is 267 g/mol. The number of rotatable bonds is 6. The van der Waals surface area contributed by atoms with Crippen molar-refractivity contribution in [1.82, 2.24) is 0 Å². The highest BCUT2D eigenvalue weighted by Gasteiger charge is 2.05. The topological polar surface area (TPSA) is 34.4 Å². The van der Waals surface area contributed by atoms with Gasteiger partial charge in [-0.3, -0.25) is 0 Å². The lowest BCUT2D eigenvalue weighted by Gasteiger charge is -2.08. The van der Waals surface area contributed by atoms with E-state index in [0.717, 1.165) is 17.9 Å². The minimum atomic E-state index is -2.81. The van der Waals surface area contributed by atoms with Gasteiger partial charge in [0.05, 0.1) is 6.54 Å². The number of furan rings is 1. The van der Waals surface area contributed by atoms with Gasteiger partial charge >= 0.3 is 6.61 Å². The molecule has 2 rings (SSSR count). The van der Waals surface area contributed by atoms with Gasteiger partial charge in [-0.1, -0.05) is 13.0 Å². The van der Waals surface area contributed by atoms with Crippen LogP contribution in [0.25, 0.3) is 0 Å². The summed E-state index contributed by atoms with van der Waals surface area (Å²) in [5.74, 6) is 1.86. The molecule has 1 aromatic carbocycles. The lowest BCUT2D eigenvalue weighted by molar-refractivity contribution is -0.0498. The minimum Gasteiger partial charge on any atom is -0.464 e. The number of aryl methyl sites for hydroxylation is 1. The zero-order valence-electron chi connectivity index (χ0n) is 10.5. The lowest BCUT2D eigenvalue weighted by atomic mass is 10.3. The van der Waals surface area contributed by atoms with E-state index in [1.165, 1.54) is 12.1 Å². The zero-order valence-corrected chi connectivity index (χ0v) is 10.5. The lowest BCUT2D eigenvalue weighted by Crippen LogP contribution is -2.03. The van der Waals surface area contributed by atoms with Crippen molar-refractivity contribution in [2.45, 2.75) is 26.5 Å². The van der Waals surface area contributed by atoms with Crippen molar-refractivity contribution in [3.63, 3.8) is 0 Å². The van der Waals surface area contributed by atoms with E-state index in [-0.39, 0.29) is 5.75 Å². The predicted molar refractivity (Wildman–Crippen MR) is 68.5 cm³/mol. The van der Waals surface area contributed by atoms with Gasteiger partial charge in [0.2, 0.25) is 0 Å². The molecule has 0 aliphatic rings. The second kappa shape index (κ2) is 6.22. The van der Waals surface area contributed by atoms with Gasteiger partial charge in [0.15, 0.2) is 0 Å². The molecule has 0 bridgehead atoms. The fourth-order valence-corrected chi connectivity index (χ4v) is 1.68. The largest absolute Gasteiger partial charge is 0.464 e. The van der Waals surface area contributed by atoms with Crippen LogP contribution < -0.4 is 10.1 Å². The summed E-state index contributed by atoms with van der Waals surface area (Å²) in [5, 5.41) is 3.09. The van der Waals surface area contributed by atoms with Crippen LogP contribution in [0.15, 0.2) is 40.8 Å². The van der Waals surface area contributed by atoms with Crippen LogP contribution >= 0.6 is 0 Å². The Morgan fingerprint density at radius 3 is 2.68 bits per heavy atom. The van der Waals surface area contributed by atoms with Crippen LogP contribution in [0.2, 0.25) is 0 Å². The molecule has 0 fully saturated rings. The first-order valence-corrected chi connectivity index (χ1v) is 6.03. The Balaban J connectivity index is 1.95. The van der Waals surface area contributed by atoms with Gasteiger partial charge in [-0.25, -0.2) is 0 Å². The highest BCUT2D eigenvalue weighted by molar-refractivity contribution is 5.48. The van der Waals surface area contributed by atoms with Crippen molar-refractivity contribution in [2.24, 2.45) is 0 Å². The second-order valence-corrected chi connectivity index (χ2v) is 3.98. The third-order valence-electron chi connectivity index (χ3n) is 2.59. The van der Waals surface area contributed by atoms with Crippen molar-refractivity contribution >= 4 is 5.69 Å². The SMILES string of the molecule is CCc1ccc(CNc2cccc(OC(F)F)c2)o1. The molecule has 102 valence electrons. The maximum atomic E-state index is 12.1. The smallest absolute Gasteiger partial charge is 0.387 e. The van der Waals surface area contributed by atoms with E-state index >= 15 is 0 Å². The third-order valence-corrected chi connectivity index (χ3v) is 2.59. The van der Waals surface area contributed by atoms with Crippen molar-refractivity contribution < 1.29 is 17.9 Å². The number of anilines is 1. The van der Waals surface area contributed by atoms with E-state index in [1.807, 2.05) is 19.1 Å². The molecule has 3 nitrogen and oxygen atoms in total. The quantitative estimate of drug-likeness (QED) is 0.857. The van der Waals surface area contributed by atoms with Gasteiger partial charge in [-0.15, -0.1) is 0 Å². The van der Waals surface area contributed by atoms with Gasteiger partial charge in [0, 0.05) is 18.2 Å². The molecular weight excluding hydrogens is 252 g/mol. The Morgan fingerprint density at radius 2 is 2.00 bits per heavy atom. The highest BCUT2D eigenvalue weighted by Crippen LogP contribution is 2.20. The summed E-state index contributed by atoms with van der Waals surface area (Å²) in [5.41, 5.74) is 0.701. The summed E-state index contributed by atoms with van der Waals surface area (Å²) in [6, 6.07) is 10.3. The molecule has 19 heavy (non-hydrogen) atoms. The highest BCUT2D eigenvalue weighted by atomic mass is 19.3. The van der Waals surface area contributed by atoms with Crippen LogP contribution in [0.4, 0.5) is 14.5 Å². The Bertz CT molecular complexity index is 526. The average Bonchev–Trinajstić information content (AvgIpc) is 2.84. The van der Waals surface area contributed by atoms with Crippen LogP contribution in [0, 0.1) is 0 Å². The van der Waals surface area contributed by atoms with Gasteiger partial charge in [-0.2, -0.15) is 8.78 Å². The molecule has 0 aliphatic heterocycles. The molecule has 1 N–H and O–H groups in total. The molecule has 0 radical (unpaired) electrons. The fraction of sp³-hybridized carbons (Fsp3) is 0.286. The summed E-state index contributed by atoms with van der Waals surface area (Å²) < 4.78 is 34.0. The number of hydrogen-bond donors (Lipinski definition) is 1. The van der Waals surface area contributed by atoms with Crippen LogP contribution in [0.5, 0.6) is 5.75 Å².